The number of aromatic amines is 1. The van der Waals surface area contributed by atoms with E-state index < -0.39 is 0 Å². The fraction of sp³-hybridized carbons (Fsp3) is 0.481. The number of benzene rings is 1. The molecule has 1 saturated carbocycles. The maximum Gasteiger partial charge on any atom is 0.252 e. The maximum absolute atomic E-state index is 13.2. The topological polar surface area (TPSA) is 102 Å². The van der Waals surface area contributed by atoms with Gasteiger partial charge in [-0.3, -0.25) is 9.69 Å². The lowest BCUT2D eigenvalue weighted by molar-refractivity contribution is 0.0842. The number of H-pyrrole nitrogens is 1. The van der Waals surface area contributed by atoms with Gasteiger partial charge in [-0.05, 0) is 72.5 Å². The van der Waals surface area contributed by atoms with Crippen LogP contribution in [0.1, 0.15) is 69.6 Å². The number of nitrogens with zero attached hydrogens (tertiary/aromatic N) is 5. The van der Waals surface area contributed by atoms with Crippen LogP contribution in [0.2, 0.25) is 0 Å². The van der Waals surface area contributed by atoms with Crippen molar-refractivity contribution in [2.45, 2.75) is 71.6 Å². The van der Waals surface area contributed by atoms with E-state index in [1.165, 1.54) is 12.8 Å². The van der Waals surface area contributed by atoms with Crippen LogP contribution < -0.4 is 10.3 Å². The molecule has 1 atom stereocenters. The third kappa shape index (κ3) is 5.06. The van der Waals surface area contributed by atoms with Gasteiger partial charge in [0.1, 0.15) is 18.1 Å². The molecule has 4 aromatic rings. The Hall–Kier alpha value is -3.46. The molecule has 1 fully saturated rings. The van der Waals surface area contributed by atoms with Gasteiger partial charge in [0.15, 0.2) is 5.82 Å². The molecule has 3 aromatic heterocycles. The van der Waals surface area contributed by atoms with Crippen LogP contribution in [0.25, 0.3) is 10.9 Å². The molecule has 0 radical (unpaired) electrons. The highest BCUT2D eigenvalue weighted by atomic mass is 16.5. The van der Waals surface area contributed by atoms with Crippen molar-refractivity contribution in [2.24, 2.45) is 5.92 Å². The molecule has 0 bridgehead atoms. The predicted molar refractivity (Wildman–Crippen MR) is 137 cm³/mol. The van der Waals surface area contributed by atoms with Crippen molar-refractivity contribution >= 4 is 10.9 Å². The molecule has 1 aliphatic rings. The maximum atomic E-state index is 13.2. The molecular weight excluding hydrogens is 456 g/mol. The minimum Gasteiger partial charge on any atom is -0.494 e. The van der Waals surface area contributed by atoms with Gasteiger partial charge >= 0.3 is 0 Å². The SMILES string of the molecule is CCOc1ccc2[nH]c(=O)c(CN(C3CCCC3)C(c3nnnn3Cc3ccco3)C(C)C)cc2c1. The Morgan fingerprint density at radius 2 is 2.06 bits per heavy atom. The van der Waals surface area contributed by atoms with Crippen molar-refractivity contribution in [3.8, 4) is 5.75 Å². The highest BCUT2D eigenvalue weighted by molar-refractivity contribution is 5.80. The summed E-state index contributed by atoms with van der Waals surface area (Å²) in [5.74, 6) is 2.63. The van der Waals surface area contributed by atoms with Crippen LogP contribution >= 0.6 is 0 Å². The number of hydrogen-bond donors (Lipinski definition) is 1. The van der Waals surface area contributed by atoms with E-state index in [0.29, 0.717) is 25.7 Å². The van der Waals surface area contributed by atoms with Gasteiger partial charge in [-0.1, -0.05) is 26.7 Å². The molecule has 1 aromatic carbocycles. The van der Waals surface area contributed by atoms with Crippen LogP contribution in [-0.4, -0.2) is 42.7 Å². The number of hydrogen-bond acceptors (Lipinski definition) is 7. The van der Waals surface area contributed by atoms with Gasteiger partial charge in [0.2, 0.25) is 0 Å². The molecule has 36 heavy (non-hydrogen) atoms. The Kier molecular flexibility index (Phi) is 7.18. The van der Waals surface area contributed by atoms with E-state index in [1.807, 2.05) is 48.0 Å². The molecule has 0 spiro atoms. The molecule has 3 heterocycles. The van der Waals surface area contributed by atoms with Gasteiger partial charge in [0, 0.05) is 29.1 Å². The highest BCUT2D eigenvalue weighted by Crippen LogP contribution is 2.36. The van der Waals surface area contributed by atoms with E-state index in [0.717, 1.165) is 46.6 Å². The second-order valence-corrected chi connectivity index (χ2v) is 9.88. The van der Waals surface area contributed by atoms with Gasteiger partial charge in [-0.15, -0.1) is 5.10 Å². The lowest BCUT2D eigenvalue weighted by Gasteiger charge is -2.37. The second-order valence-electron chi connectivity index (χ2n) is 9.88. The third-order valence-corrected chi connectivity index (χ3v) is 7.05. The first kappa shape index (κ1) is 24.2. The predicted octanol–water partition coefficient (Wildman–Crippen LogP) is 4.70. The van der Waals surface area contributed by atoms with Crippen molar-refractivity contribution < 1.29 is 9.15 Å². The number of tetrazole rings is 1. The van der Waals surface area contributed by atoms with Crippen molar-refractivity contribution in [1.82, 2.24) is 30.1 Å². The summed E-state index contributed by atoms with van der Waals surface area (Å²) >= 11 is 0. The van der Waals surface area contributed by atoms with Gasteiger partial charge in [0.25, 0.3) is 5.56 Å². The molecular formula is C27H34N6O3. The molecule has 1 unspecified atom stereocenters. The van der Waals surface area contributed by atoms with Crippen LogP contribution in [0.5, 0.6) is 5.75 Å². The third-order valence-electron chi connectivity index (χ3n) is 7.05. The smallest absolute Gasteiger partial charge is 0.252 e. The van der Waals surface area contributed by atoms with Crippen molar-refractivity contribution in [2.75, 3.05) is 6.61 Å². The van der Waals surface area contributed by atoms with E-state index in [1.54, 1.807) is 6.26 Å². The van der Waals surface area contributed by atoms with E-state index in [9.17, 15) is 4.79 Å². The summed E-state index contributed by atoms with van der Waals surface area (Å²) in [5.41, 5.74) is 1.48. The quantitative estimate of drug-likeness (QED) is 0.344. The van der Waals surface area contributed by atoms with Gasteiger partial charge in [0.05, 0.1) is 18.9 Å². The standard InChI is InChI=1S/C27H34N6O3/c1-4-35-22-11-12-24-19(15-22)14-20(27(34)28-24)16-32(21-8-5-6-9-21)25(18(2)3)26-29-30-31-33(26)17-23-10-7-13-36-23/h7,10-15,18,21,25H,4-6,8-9,16-17H2,1-3H3,(H,28,34). The average Bonchev–Trinajstić information content (AvgIpc) is 3.64. The van der Waals surface area contributed by atoms with Crippen LogP contribution in [0, 0.1) is 5.92 Å². The fourth-order valence-corrected chi connectivity index (χ4v) is 5.41. The number of aromatic nitrogens is 5. The second kappa shape index (κ2) is 10.7. The molecule has 1 aliphatic carbocycles. The van der Waals surface area contributed by atoms with Gasteiger partial charge in [-0.2, -0.15) is 0 Å². The minimum atomic E-state index is -0.0626. The summed E-state index contributed by atoms with van der Waals surface area (Å²) in [5, 5.41) is 13.7. The number of fused-ring (bicyclic) bond motifs is 1. The van der Waals surface area contributed by atoms with Gasteiger partial charge in [-0.25, -0.2) is 4.68 Å². The Morgan fingerprint density at radius 3 is 2.78 bits per heavy atom. The number of pyridine rings is 1. The highest BCUT2D eigenvalue weighted by Gasteiger charge is 2.35. The molecule has 0 saturated heterocycles. The number of ether oxygens (including phenoxy) is 1. The lowest BCUT2D eigenvalue weighted by Crippen LogP contribution is -2.41. The van der Waals surface area contributed by atoms with E-state index in [4.69, 9.17) is 9.15 Å². The van der Waals surface area contributed by atoms with E-state index in [2.05, 4.69) is 39.3 Å². The Balaban J connectivity index is 1.52. The first-order chi connectivity index (χ1) is 17.5. The van der Waals surface area contributed by atoms with Crippen LogP contribution in [-0.2, 0) is 13.1 Å². The molecule has 5 rings (SSSR count). The monoisotopic (exact) mass is 490 g/mol. The average molecular weight is 491 g/mol. The van der Waals surface area contributed by atoms with Crippen molar-refractivity contribution in [1.29, 1.82) is 0 Å². The summed E-state index contributed by atoms with van der Waals surface area (Å²) < 4.78 is 13.1. The summed E-state index contributed by atoms with van der Waals surface area (Å²) in [6.45, 7) is 7.93. The summed E-state index contributed by atoms with van der Waals surface area (Å²) in [7, 11) is 0. The lowest BCUT2D eigenvalue weighted by atomic mass is 9.97. The Morgan fingerprint density at radius 1 is 1.22 bits per heavy atom. The van der Waals surface area contributed by atoms with Crippen molar-refractivity contribution in [3.63, 3.8) is 0 Å². The summed E-state index contributed by atoms with van der Waals surface area (Å²) in [4.78, 5) is 18.7. The van der Waals surface area contributed by atoms with E-state index >= 15 is 0 Å². The zero-order chi connectivity index (χ0) is 25.1. The molecule has 9 nitrogen and oxygen atoms in total. The van der Waals surface area contributed by atoms with Gasteiger partial charge < -0.3 is 14.1 Å². The zero-order valence-electron chi connectivity index (χ0n) is 21.2. The Bertz CT molecular complexity index is 1340. The zero-order valence-corrected chi connectivity index (χ0v) is 21.2. The summed E-state index contributed by atoms with van der Waals surface area (Å²) in [6.07, 6.45) is 6.24. The fourth-order valence-electron chi connectivity index (χ4n) is 5.41. The molecule has 9 heteroatoms. The molecule has 1 N–H and O–H groups in total. The Labute approximate surface area is 210 Å². The number of furan rings is 1. The normalized spacial score (nSPS) is 15.4. The first-order valence-corrected chi connectivity index (χ1v) is 12.9. The van der Waals surface area contributed by atoms with E-state index in [-0.39, 0.29) is 17.5 Å². The molecule has 190 valence electrons. The van der Waals surface area contributed by atoms with Crippen LogP contribution in [0.4, 0.5) is 0 Å². The minimum absolute atomic E-state index is 0.0529. The number of rotatable bonds is 10. The van der Waals surface area contributed by atoms with Crippen molar-refractivity contribution in [3.05, 3.63) is 70.2 Å². The molecule has 0 aliphatic heterocycles. The number of nitrogens with one attached hydrogen (secondary N) is 1. The van der Waals surface area contributed by atoms with Crippen LogP contribution in [0.15, 0.2) is 51.9 Å². The largest absolute Gasteiger partial charge is 0.494 e. The summed E-state index contributed by atoms with van der Waals surface area (Å²) in [6, 6.07) is 11.9. The van der Waals surface area contributed by atoms with Crippen LogP contribution in [0.3, 0.4) is 0 Å². The molecule has 0 amide bonds. The first-order valence-electron chi connectivity index (χ1n) is 12.9.